The topological polar surface area (TPSA) is 91.2 Å². The molecule has 3 N–H and O–H groups in total. The second kappa shape index (κ2) is 11.1. The molecule has 1 saturated carbocycles. The van der Waals surface area contributed by atoms with Crippen LogP contribution in [0.15, 0.2) is 49.1 Å². The summed E-state index contributed by atoms with van der Waals surface area (Å²) in [6, 6.07) is 13.2. The molecule has 2 aromatic carbocycles. The molecule has 0 bridgehead atoms. The Kier molecular flexibility index (Phi) is 7.18. The summed E-state index contributed by atoms with van der Waals surface area (Å²) in [6.07, 6.45) is 6.77. The fourth-order valence-corrected chi connectivity index (χ4v) is 6.86. The van der Waals surface area contributed by atoms with Gasteiger partial charge in [-0.3, -0.25) is 4.90 Å². The summed E-state index contributed by atoms with van der Waals surface area (Å²) in [7, 11) is 0. The zero-order chi connectivity index (χ0) is 27.9. The molecule has 3 aliphatic heterocycles. The molecule has 1 unspecified atom stereocenters. The maximum Gasteiger partial charge on any atom is 0.225 e. The van der Waals surface area contributed by atoms with Crippen molar-refractivity contribution in [2.24, 2.45) is 0 Å². The molecule has 216 valence electrons. The molecular formula is C32H41N7O2. The standard InChI is InChI=1S/C32H41N7O2/c1-2-30(41)37-15-17-38(18-16-37)31-27-11-14-39(29-20-25(40)19-22-5-3-4-6-26(22)29)21-28(27)34-32(35-31)33-23-9-12-36(13-10-23)24-7-8-24/h2-6,19-20,23-24,30,40-41H,1,7-18,21H2,(H,33,34,35). The molecule has 3 fully saturated rings. The summed E-state index contributed by atoms with van der Waals surface area (Å²) in [6.45, 7) is 10.7. The second-order valence-corrected chi connectivity index (χ2v) is 12.0. The van der Waals surface area contributed by atoms with Gasteiger partial charge in [-0.2, -0.15) is 4.98 Å². The van der Waals surface area contributed by atoms with Gasteiger partial charge >= 0.3 is 0 Å². The Bertz CT molecular complexity index is 1410. The minimum atomic E-state index is -0.610. The third kappa shape index (κ3) is 5.46. The predicted molar refractivity (Wildman–Crippen MR) is 164 cm³/mol. The number of hydrogen-bond acceptors (Lipinski definition) is 9. The van der Waals surface area contributed by atoms with Gasteiger partial charge in [0.05, 0.1) is 12.2 Å². The van der Waals surface area contributed by atoms with Crippen molar-refractivity contribution in [2.75, 3.05) is 60.9 Å². The van der Waals surface area contributed by atoms with E-state index in [1.807, 2.05) is 18.2 Å². The number of aromatic hydroxyl groups is 1. The van der Waals surface area contributed by atoms with Crippen LogP contribution in [0.1, 0.15) is 36.9 Å². The average Bonchev–Trinajstić information content (AvgIpc) is 3.86. The lowest BCUT2D eigenvalue weighted by Crippen LogP contribution is -2.50. The number of anilines is 3. The highest BCUT2D eigenvalue weighted by molar-refractivity contribution is 5.95. The van der Waals surface area contributed by atoms with E-state index in [1.165, 1.54) is 18.4 Å². The SMILES string of the molecule is C=CC(O)N1CCN(c2nc(NC3CCN(C4CC4)CC3)nc3c2CCN(c2cc(O)cc4ccccc24)C3)CC1. The quantitative estimate of drug-likeness (QED) is 0.379. The average molecular weight is 556 g/mol. The van der Waals surface area contributed by atoms with Crippen molar-refractivity contribution in [3.05, 3.63) is 60.3 Å². The first-order chi connectivity index (χ1) is 20.1. The van der Waals surface area contributed by atoms with E-state index in [0.29, 0.717) is 12.6 Å². The summed E-state index contributed by atoms with van der Waals surface area (Å²) in [5, 5.41) is 26.7. The van der Waals surface area contributed by atoms with Gasteiger partial charge in [0, 0.05) is 80.6 Å². The van der Waals surface area contributed by atoms with Crippen LogP contribution in [0.5, 0.6) is 5.75 Å². The molecule has 1 aromatic heterocycles. The Hall–Kier alpha value is -3.40. The number of aliphatic hydroxyl groups excluding tert-OH is 1. The number of aliphatic hydroxyl groups is 1. The van der Waals surface area contributed by atoms with E-state index in [0.717, 1.165) is 105 Å². The van der Waals surface area contributed by atoms with Crippen LogP contribution in [0.25, 0.3) is 10.8 Å². The van der Waals surface area contributed by atoms with Gasteiger partial charge in [-0.15, -0.1) is 0 Å². The summed E-state index contributed by atoms with van der Waals surface area (Å²) in [5.74, 6) is 2.04. The predicted octanol–water partition coefficient (Wildman–Crippen LogP) is 3.56. The van der Waals surface area contributed by atoms with Crippen LogP contribution < -0.4 is 15.1 Å². The lowest BCUT2D eigenvalue weighted by Gasteiger charge is -2.39. The van der Waals surface area contributed by atoms with Crippen LogP contribution in [-0.4, -0.2) is 94.1 Å². The molecule has 1 aliphatic carbocycles. The Morgan fingerprint density at radius 1 is 0.927 bits per heavy atom. The Morgan fingerprint density at radius 2 is 1.71 bits per heavy atom. The van der Waals surface area contributed by atoms with Crippen molar-refractivity contribution in [2.45, 2.75) is 57.0 Å². The van der Waals surface area contributed by atoms with E-state index in [2.05, 4.69) is 49.7 Å². The number of hydrogen-bond donors (Lipinski definition) is 3. The van der Waals surface area contributed by atoms with Crippen molar-refractivity contribution >= 4 is 28.2 Å². The van der Waals surface area contributed by atoms with E-state index < -0.39 is 6.23 Å². The number of aromatic nitrogens is 2. The third-order valence-electron chi connectivity index (χ3n) is 9.33. The van der Waals surface area contributed by atoms with Gasteiger partial charge in [-0.25, -0.2) is 4.98 Å². The lowest BCUT2D eigenvalue weighted by atomic mass is 10.0. The molecular weight excluding hydrogens is 514 g/mol. The summed E-state index contributed by atoms with van der Waals surface area (Å²) in [5.41, 5.74) is 3.32. The van der Waals surface area contributed by atoms with E-state index in [4.69, 9.17) is 9.97 Å². The van der Waals surface area contributed by atoms with Crippen LogP contribution >= 0.6 is 0 Å². The number of nitrogens with one attached hydrogen (secondary N) is 1. The fraction of sp³-hybridized carbons (Fsp3) is 0.500. The normalized spacial score (nSPS) is 21.6. The minimum absolute atomic E-state index is 0.285. The van der Waals surface area contributed by atoms with E-state index in [9.17, 15) is 10.2 Å². The van der Waals surface area contributed by atoms with Crippen molar-refractivity contribution in [3.8, 4) is 5.75 Å². The van der Waals surface area contributed by atoms with E-state index >= 15 is 0 Å². The first-order valence-electron chi connectivity index (χ1n) is 15.2. The fourth-order valence-electron chi connectivity index (χ4n) is 6.86. The first-order valence-corrected chi connectivity index (χ1v) is 15.2. The van der Waals surface area contributed by atoms with Gasteiger partial charge in [0.1, 0.15) is 17.8 Å². The van der Waals surface area contributed by atoms with Crippen LogP contribution in [0.3, 0.4) is 0 Å². The highest BCUT2D eigenvalue weighted by Crippen LogP contribution is 2.37. The smallest absolute Gasteiger partial charge is 0.225 e. The maximum atomic E-state index is 10.5. The third-order valence-corrected chi connectivity index (χ3v) is 9.33. The Labute approximate surface area is 242 Å². The van der Waals surface area contributed by atoms with Crippen LogP contribution in [0.4, 0.5) is 17.5 Å². The zero-order valence-corrected chi connectivity index (χ0v) is 23.8. The number of piperidine rings is 1. The molecule has 0 spiro atoms. The molecule has 0 radical (unpaired) electrons. The summed E-state index contributed by atoms with van der Waals surface area (Å²) < 4.78 is 0. The summed E-state index contributed by atoms with van der Waals surface area (Å²) >= 11 is 0. The van der Waals surface area contributed by atoms with E-state index in [-0.39, 0.29) is 5.75 Å². The van der Waals surface area contributed by atoms with Gasteiger partial charge in [0.15, 0.2) is 0 Å². The largest absolute Gasteiger partial charge is 0.508 e. The zero-order valence-electron chi connectivity index (χ0n) is 23.8. The molecule has 7 rings (SSSR count). The van der Waals surface area contributed by atoms with Gasteiger partial charge in [0.2, 0.25) is 5.95 Å². The molecule has 9 heteroatoms. The highest BCUT2D eigenvalue weighted by Gasteiger charge is 2.33. The van der Waals surface area contributed by atoms with E-state index in [1.54, 1.807) is 6.08 Å². The van der Waals surface area contributed by atoms with Crippen molar-refractivity contribution in [1.29, 1.82) is 0 Å². The van der Waals surface area contributed by atoms with Crippen LogP contribution in [-0.2, 0) is 13.0 Å². The van der Waals surface area contributed by atoms with Crippen LogP contribution in [0.2, 0.25) is 0 Å². The Balaban J connectivity index is 1.17. The monoisotopic (exact) mass is 555 g/mol. The molecule has 4 aliphatic rings. The first kappa shape index (κ1) is 26.5. The molecule has 3 aromatic rings. The molecule has 0 amide bonds. The van der Waals surface area contributed by atoms with Gasteiger partial charge in [-0.05, 0) is 49.6 Å². The number of piperazine rings is 1. The number of fused-ring (bicyclic) bond motifs is 2. The number of nitrogens with zero attached hydrogens (tertiary/aromatic N) is 6. The number of phenolic OH excluding ortho intramolecular Hbond substituents is 1. The van der Waals surface area contributed by atoms with Crippen molar-refractivity contribution < 1.29 is 10.2 Å². The van der Waals surface area contributed by atoms with Gasteiger partial charge in [0.25, 0.3) is 0 Å². The van der Waals surface area contributed by atoms with Crippen molar-refractivity contribution in [1.82, 2.24) is 19.8 Å². The van der Waals surface area contributed by atoms with Gasteiger partial charge in [-0.1, -0.05) is 30.8 Å². The Morgan fingerprint density at radius 3 is 2.46 bits per heavy atom. The molecule has 41 heavy (non-hydrogen) atoms. The summed E-state index contributed by atoms with van der Waals surface area (Å²) in [4.78, 5) is 19.7. The maximum absolute atomic E-state index is 10.5. The number of likely N-dealkylation sites (tertiary alicyclic amines) is 1. The molecule has 1 atom stereocenters. The minimum Gasteiger partial charge on any atom is -0.508 e. The van der Waals surface area contributed by atoms with Gasteiger partial charge < -0.3 is 30.2 Å². The van der Waals surface area contributed by atoms with Crippen molar-refractivity contribution in [3.63, 3.8) is 0 Å². The lowest BCUT2D eigenvalue weighted by molar-refractivity contribution is 0.0379. The second-order valence-electron chi connectivity index (χ2n) is 12.0. The number of rotatable bonds is 7. The number of phenols is 1. The molecule has 9 nitrogen and oxygen atoms in total. The molecule has 4 heterocycles. The highest BCUT2D eigenvalue weighted by atomic mass is 16.3. The molecule has 2 saturated heterocycles. The number of benzene rings is 2. The van der Waals surface area contributed by atoms with Crippen LogP contribution in [0, 0.1) is 0 Å².